The molecule has 38 heavy (non-hydrogen) atoms. The van der Waals surface area contributed by atoms with Gasteiger partial charge >= 0.3 is 0 Å². The predicted molar refractivity (Wildman–Crippen MR) is 149 cm³/mol. The van der Waals surface area contributed by atoms with Crippen LogP contribution in [0.1, 0.15) is 36.1 Å². The van der Waals surface area contributed by atoms with Gasteiger partial charge in [0.2, 0.25) is 0 Å². The van der Waals surface area contributed by atoms with Crippen molar-refractivity contribution in [3.63, 3.8) is 0 Å². The van der Waals surface area contributed by atoms with Gasteiger partial charge in [0.05, 0.1) is 6.04 Å². The predicted octanol–water partition coefficient (Wildman–Crippen LogP) is 8.98. The minimum Gasteiger partial charge on any atom is -0.490 e. The summed E-state index contributed by atoms with van der Waals surface area (Å²) in [7, 11) is 0. The highest BCUT2D eigenvalue weighted by Gasteiger charge is 2.20. The minimum absolute atomic E-state index is 0.0934. The largest absolute Gasteiger partial charge is 0.490 e. The smallest absolute Gasteiger partial charge is 0.123 e. The van der Waals surface area contributed by atoms with Crippen LogP contribution in [-0.4, -0.2) is 6.61 Å². The summed E-state index contributed by atoms with van der Waals surface area (Å²) in [6.07, 6.45) is 4.46. The Kier molecular flexibility index (Phi) is 9.04. The molecule has 2 nitrogen and oxygen atoms in total. The first-order valence-corrected chi connectivity index (χ1v) is 12.5. The second-order valence-corrected chi connectivity index (χ2v) is 9.14. The van der Waals surface area contributed by atoms with E-state index < -0.39 is 0 Å². The van der Waals surface area contributed by atoms with E-state index in [9.17, 15) is 13.2 Å². The lowest BCUT2D eigenvalue weighted by Gasteiger charge is -2.27. The monoisotopic (exact) mass is 513 g/mol. The van der Waals surface area contributed by atoms with Gasteiger partial charge in [-0.3, -0.25) is 0 Å². The molecule has 0 saturated heterocycles. The number of hydrogen-bond donors (Lipinski definition) is 1. The highest BCUT2D eigenvalue weighted by atomic mass is 19.1. The average Bonchev–Trinajstić information content (AvgIpc) is 2.94. The summed E-state index contributed by atoms with van der Waals surface area (Å²) >= 11 is 0. The van der Waals surface area contributed by atoms with Crippen LogP contribution in [-0.2, 0) is 0 Å². The Morgan fingerprint density at radius 2 is 1.26 bits per heavy atom. The van der Waals surface area contributed by atoms with Crippen LogP contribution in [0.4, 0.5) is 18.9 Å². The lowest BCUT2D eigenvalue weighted by atomic mass is 9.89. The summed E-state index contributed by atoms with van der Waals surface area (Å²) in [6.45, 7) is 6.24. The van der Waals surface area contributed by atoms with Crippen molar-refractivity contribution < 1.29 is 17.9 Å². The molecule has 0 aromatic heterocycles. The maximum atomic E-state index is 13.6. The normalized spacial score (nSPS) is 12.3. The van der Waals surface area contributed by atoms with Gasteiger partial charge in [0.15, 0.2) is 0 Å². The van der Waals surface area contributed by atoms with Crippen LogP contribution in [0.2, 0.25) is 0 Å². The van der Waals surface area contributed by atoms with Crippen molar-refractivity contribution in [3.05, 3.63) is 150 Å². The molecule has 0 saturated carbocycles. The molecule has 0 bridgehead atoms. The summed E-state index contributed by atoms with van der Waals surface area (Å²) in [4.78, 5) is 0. The molecule has 0 aliphatic rings. The zero-order valence-corrected chi connectivity index (χ0v) is 21.2. The van der Waals surface area contributed by atoms with Crippen molar-refractivity contribution in [2.45, 2.75) is 19.4 Å². The Labute approximate surface area is 222 Å². The number of halogens is 3. The summed E-state index contributed by atoms with van der Waals surface area (Å²) in [5, 5.41) is 3.55. The van der Waals surface area contributed by atoms with E-state index >= 15 is 0 Å². The second kappa shape index (κ2) is 12.8. The molecule has 2 atom stereocenters. The van der Waals surface area contributed by atoms with Gasteiger partial charge in [-0.2, -0.15) is 0 Å². The molecule has 0 fully saturated rings. The number of anilines is 1. The van der Waals surface area contributed by atoms with E-state index in [1.54, 1.807) is 42.5 Å². The average molecular weight is 514 g/mol. The SMILES string of the molecule is C=CCOc1ccc(C(Nc2ccc(F)cc2)C(C)CC=C(c2ccc(F)cc2)c2ccc(F)cc2)cc1. The van der Waals surface area contributed by atoms with E-state index in [1.807, 2.05) is 24.3 Å². The quantitative estimate of drug-likeness (QED) is 0.202. The van der Waals surface area contributed by atoms with Crippen LogP contribution in [0.15, 0.2) is 116 Å². The van der Waals surface area contributed by atoms with Gasteiger partial charge in [-0.15, -0.1) is 0 Å². The maximum Gasteiger partial charge on any atom is 0.123 e. The fourth-order valence-electron chi connectivity index (χ4n) is 4.31. The zero-order chi connectivity index (χ0) is 26.9. The third-order valence-electron chi connectivity index (χ3n) is 6.35. The Morgan fingerprint density at radius 3 is 1.76 bits per heavy atom. The van der Waals surface area contributed by atoms with E-state index in [0.29, 0.717) is 13.0 Å². The first-order chi connectivity index (χ1) is 18.4. The number of nitrogens with one attached hydrogen (secondary N) is 1. The van der Waals surface area contributed by atoms with E-state index in [2.05, 4.69) is 24.9 Å². The van der Waals surface area contributed by atoms with Crippen LogP contribution < -0.4 is 10.1 Å². The first-order valence-electron chi connectivity index (χ1n) is 12.5. The van der Waals surface area contributed by atoms with Crippen molar-refractivity contribution in [3.8, 4) is 5.75 Å². The van der Waals surface area contributed by atoms with E-state index in [1.165, 1.54) is 36.4 Å². The van der Waals surface area contributed by atoms with Gasteiger partial charge < -0.3 is 10.1 Å². The van der Waals surface area contributed by atoms with Gasteiger partial charge in [0.1, 0.15) is 29.8 Å². The van der Waals surface area contributed by atoms with E-state index in [0.717, 1.165) is 33.7 Å². The van der Waals surface area contributed by atoms with E-state index in [-0.39, 0.29) is 29.4 Å². The lowest BCUT2D eigenvalue weighted by Crippen LogP contribution is -2.19. The summed E-state index contributed by atoms with van der Waals surface area (Å²) in [5.74, 6) is -0.0862. The van der Waals surface area contributed by atoms with Crippen LogP contribution in [0.3, 0.4) is 0 Å². The van der Waals surface area contributed by atoms with E-state index in [4.69, 9.17) is 4.74 Å². The first kappa shape index (κ1) is 26.8. The third-order valence-corrected chi connectivity index (χ3v) is 6.35. The number of benzene rings is 4. The number of rotatable bonds is 11. The number of allylic oxidation sites excluding steroid dienone is 1. The lowest BCUT2D eigenvalue weighted by molar-refractivity contribution is 0.363. The van der Waals surface area contributed by atoms with Crippen LogP contribution in [0.25, 0.3) is 5.57 Å². The van der Waals surface area contributed by atoms with Gasteiger partial charge in [-0.1, -0.05) is 62.1 Å². The maximum absolute atomic E-state index is 13.6. The Bertz CT molecular complexity index is 1300. The third kappa shape index (κ3) is 7.16. The Hall–Kier alpha value is -4.25. The molecule has 0 aliphatic heterocycles. The molecular weight excluding hydrogens is 483 g/mol. The van der Waals surface area contributed by atoms with Crippen molar-refractivity contribution in [1.82, 2.24) is 0 Å². The van der Waals surface area contributed by atoms with Crippen molar-refractivity contribution in [2.75, 3.05) is 11.9 Å². The molecule has 5 heteroatoms. The molecule has 194 valence electrons. The molecule has 1 N–H and O–H groups in total. The molecular formula is C33H30F3NO. The Morgan fingerprint density at radius 1 is 0.763 bits per heavy atom. The van der Waals surface area contributed by atoms with Crippen molar-refractivity contribution in [2.24, 2.45) is 5.92 Å². The zero-order valence-electron chi connectivity index (χ0n) is 21.2. The number of hydrogen-bond acceptors (Lipinski definition) is 2. The van der Waals surface area contributed by atoms with Crippen molar-refractivity contribution in [1.29, 1.82) is 0 Å². The highest BCUT2D eigenvalue weighted by molar-refractivity contribution is 5.79. The van der Waals surface area contributed by atoms with Crippen LogP contribution >= 0.6 is 0 Å². The highest BCUT2D eigenvalue weighted by Crippen LogP contribution is 2.33. The summed E-state index contributed by atoms with van der Waals surface area (Å²) in [5.41, 5.74) is 4.43. The van der Waals surface area contributed by atoms with Crippen LogP contribution in [0.5, 0.6) is 5.75 Å². The number of ether oxygens (including phenoxy) is 1. The van der Waals surface area contributed by atoms with Gasteiger partial charge in [-0.05, 0) is 95.3 Å². The molecule has 2 unspecified atom stereocenters. The summed E-state index contributed by atoms with van der Waals surface area (Å²) < 4.78 is 46.4. The standard InChI is InChI=1S/C33H30F3NO/c1-3-22-38-31-19-9-26(10-20-31)33(37-30-17-15-29(36)16-18-30)23(2)4-21-32(24-5-11-27(34)12-6-24)25-7-13-28(35)14-8-25/h3,5-21,23,33,37H,1,4,22H2,2H3. The minimum atomic E-state index is -0.315. The molecule has 0 heterocycles. The fourth-order valence-corrected chi connectivity index (χ4v) is 4.31. The molecule has 0 aliphatic carbocycles. The van der Waals surface area contributed by atoms with Crippen molar-refractivity contribution >= 4 is 11.3 Å². The molecule has 0 radical (unpaired) electrons. The van der Waals surface area contributed by atoms with Gasteiger partial charge in [-0.25, -0.2) is 13.2 Å². The molecule has 4 aromatic rings. The molecule has 0 spiro atoms. The van der Waals surface area contributed by atoms with Gasteiger partial charge in [0, 0.05) is 5.69 Å². The Balaban J connectivity index is 1.64. The molecule has 0 amide bonds. The summed E-state index contributed by atoms with van der Waals surface area (Å²) in [6, 6.07) is 26.7. The van der Waals surface area contributed by atoms with Gasteiger partial charge in [0.25, 0.3) is 0 Å². The molecule has 4 aromatic carbocycles. The topological polar surface area (TPSA) is 21.3 Å². The second-order valence-electron chi connectivity index (χ2n) is 9.14. The van der Waals surface area contributed by atoms with Crippen LogP contribution in [0, 0.1) is 23.4 Å². The molecule has 4 rings (SSSR count). The fraction of sp³-hybridized carbons (Fsp3) is 0.152.